The molecule has 1 unspecified atom stereocenters. The topological polar surface area (TPSA) is 32.3 Å². The minimum absolute atomic E-state index is 0.370. The van der Waals surface area contributed by atoms with Gasteiger partial charge < -0.3 is 10.4 Å². The van der Waals surface area contributed by atoms with Crippen molar-refractivity contribution < 1.29 is 5.11 Å². The maximum absolute atomic E-state index is 8.91. The van der Waals surface area contributed by atoms with Gasteiger partial charge in [0.05, 0.1) is 0 Å². The highest BCUT2D eigenvalue weighted by molar-refractivity contribution is 4.99. The summed E-state index contributed by atoms with van der Waals surface area (Å²) < 4.78 is 0. The molecular formula is C8H15NO. The molecule has 0 amide bonds. The molecule has 2 rings (SSSR count). The molecule has 58 valence electrons. The van der Waals surface area contributed by atoms with Gasteiger partial charge in [0.1, 0.15) is 0 Å². The van der Waals surface area contributed by atoms with Gasteiger partial charge in [-0.2, -0.15) is 0 Å². The van der Waals surface area contributed by atoms with Crippen LogP contribution in [0.2, 0.25) is 0 Å². The Morgan fingerprint density at radius 1 is 1.50 bits per heavy atom. The molecule has 2 heteroatoms. The summed E-state index contributed by atoms with van der Waals surface area (Å²) >= 11 is 0. The van der Waals surface area contributed by atoms with Crippen LogP contribution in [-0.2, 0) is 0 Å². The van der Waals surface area contributed by atoms with Crippen molar-refractivity contribution >= 4 is 0 Å². The van der Waals surface area contributed by atoms with Crippen molar-refractivity contribution in [2.75, 3.05) is 19.7 Å². The van der Waals surface area contributed by atoms with Crippen LogP contribution in [0.4, 0.5) is 0 Å². The van der Waals surface area contributed by atoms with Gasteiger partial charge in [-0.1, -0.05) is 0 Å². The van der Waals surface area contributed by atoms with Gasteiger partial charge in [0, 0.05) is 19.7 Å². The Kier molecular flexibility index (Phi) is 1.46. The van der Waals surface area contributed by atoms with Crippen LogP contribution in [0, 0.1) is 11.3 Å². The zero-order valence-corrected chi connectivity index (χ0v) is 6.27. The molecule has 1 heterocycles. The van der Waals surface area contributed by atoms with Crippen molar-refractivity contribution in [1.29, 1.82) is 0 Å². The summed E-state index contributed by atoms with van der Waals surface area (Å²) in [5.74, 6) is 0.538. The molecule has 2 nitrogen and oxygen atoms in total. The van der Waals surface area contributed by atoms with Gasteiger partial charge in [0.25, 0.3) is 0 Å². The summed E-state index contributed by atoms with van der Waals surface area (Å²) in [7, 11) is 0. The summed E-state index contributed by atoms with van der Waals surface area (Å²) in [6.07, 6.45) is 4.03. The molecule has 0 aromatic heterocycles. The van der Waals surface area contributed by atoms with E-state index in [4.69, 9.17) is 5.11 Å². The largest absolute Gasteiger partial charge is 0.396 e. The predicted octanol–water partition coefficient (Wildman–Crippen LogP) is 0.368. The predicted molar refractivity (Wildman–Crippen MR) is 39.7 cm³/mol. The number of hydrogen-bond donors (Lipinski definition) is 2. The van der Waals surface area contributed by atoms with Gasteiger partial charge in [0.15, 0.2) is 0 Å². The van der Waals surface area contributed by atoms with Crippen molar-refractivity contribution in [2.45, 2.75) is 19.3 Å². The monoisotopic (exact) mass is 141 g/mol. The summed E-state index contributed by atoms with van der Waals surface area (Å²) in [6.45, 7) is 2.59. The lowest BCUT2D eigenvalue weighted by atomic mass is 9.89. The Morgan fingerprint density at radius 2 is 2.30 bits per heavy atom. The summed E-state index contributed by atoms with van der Waals surface area (Å²) in [4.78, 5) is 0. The van der Waals surface area contributed by atoms with E-state index in [0.717, 1.165) is 6.54 Å². The van der Waals surface area contributed by atoms with Crippen LogP contribution in [0.1, 0.15) is 19.3 Å². The lowest BCUT2D eigenvalue weighted by molar-refractivity contribution is 0.164. The maximum Gasteiger partial charge on any atom is 0.0471 e. The molecule has 0 aromatic rings. The fourth-order valence-electron chi connectivity index (χ4n) is 1.98. The number of aliphatic hydroxyl groups excluding tert-OH is 1. The fraction of sp³-hybridized carbons (Fsp3) is 1.00. The van der Waals surface area contributed by atoms with Crippen LogP contribution < -0.4 is 5.32 Å². The first-order valence-electron chi connectivity index (χ1n) is 4.16. The van der Waals surface area contributed by atoms with E-state index in [2.05, 4.69) is 5.32 Å². The number of hydrogen-bond acceptors (Lipinski definition) is 2. The quantitative estimate of drug-likeness (QED) is 0.553. The zero-order valence-electron chi connectivity index (χ0n) is 6.27. The molecule has 1 atom stereocenters. The van der Waals surface area contributed by atoms with Gasteiger partial charge in [0.2, 0.25) is 0 Å². The second-order valence-electron chi connectivity index (χ2n) is 3.88. The molecule has 1 spiro atoms. The van der Waals surface area contributed by atoms with E-state index >= 15 is 0 Å². The number of piperidine rings is 1. The molecule has 1 saturated heterocycles. The van der Waals surface area contributed by atoms with E-state index in [1.807, 2.05) is 0 Å². The van der Waals surface area contributed by atoms with E-state index in [1.54, 1.807) is 0 Å². The van der Waals surface area contributed by atoms with Gasteiger partial charge in [-0.05, 0) is 30.6 Å². The highest BCUT2D eigenvalue weighted by Crippen LogP contribution is 2.51. The molecule has 1 aliphatic carbocycles. The molecule has 2 aliphatic rings. The number of nitrogens with one attached hydrogen (secondary N) is 1. The van der Waals surface area contributed by atoms with Crippen LogP contribution in [0.15, 0.2) is 0 Å². The third-order valence-corrected chi connectivity index (χ3v) is 2.87. The van der Waals surface area contributed by atoms with Crippen molar-refractivity contribution in [3.63, 3.8) is 0 Å². The average Bonchev–Trinajstić information content (AvgIpc) is 2.70. The lowest BCUT2D eigenvalue weighted by Crippen LogP contribution is -2.38. The Bertz CT molecular complexity index is 131. The van der Waals surface area contributed by atoms with E-state index < -0.39 is 0 Å². The third kappa shape index (κ3) is 1.06. The van der Waals surface area contributed by atoms with E-state index in [0.29, 0.717) is 17.9 Å². The van der Waals surface area contributed by atoms with E-state index in [1.165, 1.54) is 25.8 Å². The van der Waals surface area contributed by atoms with Gasteiger partial charge in [-0.25, -0.2) is 0 Å². The molecule has 10 heavy (non-hydrogen) atoms. The number of aliphatic hydroxyl groups is 1. The van der Waals surface area contributed by atoms with Crippen LogP contribution in [0.25, 0.3) is 0 Å². The Morgan fingerprint density at radius 3 is 2.90 bits per heavy atom. The highest BCUT2D eigenvalue weighted by Gasteiger charge is 2.45. The molecule has 0 radical (unpaired) electrons. The average molecular weight is 141 g/mol. The molecule has 0 aromatic carbocycles. The second kappa shape index (κ2) is 2.21. The van der Waals surface area contributed by atoms with E-state index in [-0.39, 0.29) is 0 Å². The minimum atomic E-state index is 0.370. The highest BCUT2D eigenvalue weighted by atomic mass is 16.3. The van der Waals surface area contributed by atoms with Crippen LogP contribution in [0.5, 0.6) is 0 Å². The molecule has 2 fully saturated rings. The smallest absolute Gasteiger partial charge is 0.0471 e. The first kappa shape index (κ1) is 6.62. The summed E-state index contributed by atoms with van der Waals surface area (Å²) in [5, 5.41) is 12.3. The minimum Gasteiger partial charge on any atom is -0.396 e. The molecule has 2 N–H and O–H groups in total. The van der Waals surface area contributed by atoms with E-state index in [9.17, 15) is 0 Å². The molecule has 0 bridgehead atoms. The lowest BCUT2D eigenvalue weighted by Gasteiger charge is -2.28. The Labute approximate surface area is 61.6 Å². The standard InChI is InChI=1S/C8H15NO/c10-5-7-3-8(1-2-8)6-9-4-7/h7,9-10H,1-6H2. The first-order valence-corrected chi connectivity index (χ1v) is 4.16. The number of rotatable bonds is 1. The molecule has 1 saturated carbocycles. The first-order chi connectivity index (χ1) is 4.85. The van der Waals surface area contributed by atoms with Gasteiger partial charge in [-0.3, -0.25) is 0 Å². The van der Waals surface area contributed by atoms with Crippen molar-refractivity contribution in [3.05, 3.63) is 0 Å². The van der Waals surface area contributed by atoms with Gasteiger partial charge >= 0.3 is 0 Å². The maximum atomic E-state index is 8.91. The Hall–Kier alpha value is -0.0800. The van der Waals surface area contributed by atoms with Crippen molar-refractivity contribution in [1.82, 2.24) is 5.32 Å². The third-order valence-electron chi connectivity index (χ3n) is 2.87. The Balaban J connectivity index is 1.91. The second-order valence-corrected chi connectivity index (χ2v) is 3.88. The SMILES string of the molecule is OCC1CNCC2(CC2)C1. The summed E-state index contributed by atoms with van der Waals surface area (Å²) in [6, 6.07) is 0. The van der Waals surface area contributed by atoms with Crippen LogP contribution in [0.3, 0.4) is 0 Å². The van der Waals surface area contributed by atoms with Crippen LogP contribution >= 0.6 is 0 Å². The molecular weight excluding hydrogens is 126 g/mol. The van der Waals surface area contributed by atoms with Crippen molar-refractivity contribution in [3.8, 4) is 0 Å². The summed E-state index contributed by atoms with van der Waals surface area (Å²) in [5.41, 5.74) is 0.631. The van der Waals surface area contributed by atoms with Crippen LogP contribution in [-0.4, -0.2) is 24.8 Å². The fourth-order valence-corrected chi connectivity index (χ4v) is 1.98. The van der Waals surface area contributed by atoms with Crippen molar-refractivity contribution in [2.24, 2.45) is 11.3 Å². The van der Waals surface area contributed by atoms with Gasteiger partial charge in [-0.15, -0.1) is 0 Å². The normalized spacial score (nSPS) is 36.3. The zero-order chi connectivity index (χ0) is 7.03. The molecule has 1 aliphatic heterocycles.